The number of aryl methyl sites for hydroxylation is 2. The lowest BCUT2D eigenvalue weighted by Gasteiger charge is -2.25. The molecular weight excluding hydrogens is 298 g/mol. The third-order valence-electron chi connectivity index (χ3n) is 5.16. The van der Waals surface area contributed by atoms with Crippen molar-refractivity contribution < 1.29 is 9.53 Å². The van der Waals surface area contributed by atoms with E-state index in [2.05, 4.69) is 5.32 Å². The zero-order chi connectivity index (χ0) is 15.9. The van der Waals surface area contributed by atoms with Crippen molar-refractivity contribution in [1.29, 1.82) is 0 Å². The van der Waals surface area contributed by atoms with Crippen LogP contribution in [-0.2, 0) is 4.79 Å². The van der Waals surface area contributed by atoms with Crippen LogP contribution >= 0.6 is 11.6 Å². The largest absolute Gasteiger partial charge is 0.481 e. The van der Waals surface area contributed by atoms with Crippen LogP contribution < -0.4 is 10.1 Å². The Kier molecular flexibility index (Phi) is 4.35. The van der Waals surface area contributed by atoms with E-state index in [-0.39, 0.29) is 5.91 Å². The van der Waals surface area contributed by atoms with Crippen molar-refractivity contribution in [3.63, 3.8) is 0 Å². The van der Waals surface area contributed by atoms with E-state index in [9.17, 15) is 4.79 Å². The topological polar surface area (TPSA) is 38.3 Å². The van der Waals surface area contributed by atoms with E-state index in [4.69, 9.17) is 16.3 Å². The third-order valence-corrected chi connectivity index (χ3v) is 5.75. The van der Waals surface area contributed by atoms with Gasteiger partial charge in [-0.1, -0.05) is 18.0 Å². The maximum atomic E-state index is 12.4. The first kappa shape index (κ1) is 15.7. The van der Waals surface area contributed by atoms with Gasteiger partial charge in [0.2, 0.25) is 0 Å². The Hall–Kier alpha value is -1.22. The van der Waals surface area contributed by atoms with Gasteiger partial charge in [0.1, 0.15) is 5.75 Å². The monoisotopic (exact) mass is 321 g/mol. The Morgan fingerprint density at radius 3 is 2.50 bits per heavy atom. The maximum Gasteiger partial charge on any atom is 0.261 e. The number of nitrogens with one attached hydrogen (secondary N) is 1. The molecule has 4 heteroatoms. The molecule has 0 heterocycles. The van der Waals surface area contributed by atoms with Crippen molar-refractivity contribution in [2.24, 2.45) is 11.8 Å². The molecule has 4 atom stereocenters. The summed E-state index contributed by atoms with van der Waals surface area (Å²) in [6, 6.07) is 4.12. The van der Waals surface area contributed by atoms with Crippen molar-refractivity contribution in [1.82, 2.24) is 5.32 Å². The minimum Gasteiger partial charge on any atom is -0.481 e. The molecule has 1 aromatic carbocycles. The maximum absolute atomic E-state index is 12.4. The second kappa shape index (κ2) is 6.11. The first-order valence-electron chi connectivity index (χ1n) is 8.18. The quantitative estimate of drug-likeness (QED) is 0.909. The minimum atomic E-state index is -0.487. The summed E-state index contributed by atoms with van der Waals surface area (Å²) in [7, 11) is 0. The summed E-state index contributed by atoms with van der Waals surface area (Å²) < 4.78 is 5.81. The van der Waals surface area contributed by atoms with E-state index in [1.165, 1.54) is 19.3 Å². The van der Waals surface area contributed by atoms with Crippen molar-refractivity contribution in [3.05, 3.63) is 28.3 Å². The highest BCUT2D eigenvalue weighted by molar-refractivity contribution is 6.32. The highest BCUT2D eigenvalue weighted by atomic mass is 35.5. The first-order chi connectivity index (χ1) is 10.4. The molecule has 0 unspecified atom stereocenters. The molecule has 0 radical (unpaired) electrons. The lowest BCUT2D eigenvalue weighted by atomic mass is 9.95. The van der Waals surface area contributed by atoms with Gasteiger partial charge in [0.25, 0.3) is 5.91 Å². The number of carbonyl (C=O) groups excluding carboxylic acids is 1. The third kappa shape index (κ3) is 3.10. The number of ether oxygens (including phenoxy) is 1. The normalized spacial score (nSPS) is 27.7. The Labute approximate surface area is 137 Å². The summed E-state index contributed by atoms with van der Waals surface area (Å²) in [6.45, 7) is 5.70. The second-order valence-corrected chi connectivity index (χ2v) is 7.30. The van der Waals surface area contributed by atoms with Crippen LogP contribution in [0, 0.1) is 25.7 Å². The fourth-order valence-electron chi connectivity index (χ4n) is 3.95. The number of hydrogen-bond acceptors (Lipinski definition) is 2. The molecule has 2 aliphatic rings. The van der Waals surface area contributed by atoms with Gasteiger partial charge in [-0.3, -0.25) is 4.79 Å². The lowest BCUT2D eigenvalue weighted by Crippen LogP contribution is -2.44. The van der Waals surface area contributed by atoms with Gasteiger partial charge >= 0.3 is 0 Å². The fraction of sp³-hybridized carbons (Fsp3) is 0.611. The predicted molar refractivity (Wildman–Crippen MR) is 88.4 cm³/mol. The van der Waals surface area contributed by atoms with E-state index in [0.717, 1.165) is 28.5 Å². The summed E-state index contributed by atoms with van der Waals surface area (Å²) in [4.78, 5) is 12.4. The molecule has 22 heavy (non-hydrogen) atoms. The summed E-state index contributed by atoms with van der Waals surface area (Å²) in [5, 5.41) is 3.94. The van der Waals surface area contributed by atoms with Crippen LogP contribution in [-0.4, -0.2) is 18.1 Å². The Bertz CT molecular complexity index is 563. The molecule has 2 fully saturated rings. The van der Waals surface area contributed by atoms with Gasteiger partial charge in [0, 0.05) is 11.1 Å². The molecule has 1 amide bonds. The van der Waals surface area contributed by atoms with E-state index in [1.807, 2.05) is 32.9 Å². The molecule has 0 aliphatic heterocycles. The first-order valence-corrected chi connectivity index (χ1v) is 8.55. The number of fused-ring (bicyclic) bond motifs is 2. The van der Waals surface area contributed by atoms with Crippen molar-refractivity contribution in [3.8, 4) is 5.75 Å². The predicted octanol–water partition coefficient (Wildman–Crippen LogP) is 4.03. The molecule has 2 bridgehead atoms. The Morgan fingerprint density at radius 2 is 1.95 bits per heavy atom. The molecule has 0 saturated heterocycles. The fourth-order valence-corrected chi connectivity index (χ4v) is 4.06. The Morgan fingerprint density at radius 1 is 1.27 bits per heavy atom. The molecule has 120 valence electrons. The van der Waals surface area contributed by atoms with Crippen LogP contribution in [0.25, 0.3) is 0 Å². The standard InChI is InChI=1S/C18H24ClNO2/c1-10-6-15(7-11(2)17(10)19)22-12(3)18(21)20-16-9-13-4-5-14(16)8-13/h6-7,12-14,16H,4-5,8-9H2,1-3H3,(H,20,21)/t12-,13+,14+,16+/m1/s1. The van der Waals surface area contributed by atoms with Gasteiger partial charge < -0.3 is 10.1 Å². The molecule has 3 nitrogen and oxygen atoms in total. The van der Waals surface area contributed by atoms with E-state index >= 15 is 0 Å². The smallest absolute Gasteiger partial charge is 0.261 e. The Balaban J connectivity index is 1.59. The number of benzene rings is 1. The summed E-state index contributed by atoms with van der Waals surface area (Å²) in [6.07, 6.45) is 4.55. The van der Waals surface area contributed by atoms with Crippen LogP contribution in [0.15, 0.2) is 12.1 Å². The highest BCUT2D eigenvalue weighted by Gasteiger charge is 2.40. The van der Waals surface area contributed by atoms with Crippen LogP contribution in [0.3, 0.4) is 0 Å². The van der Waals surface area contributed by atoms with Gasteiger partial charge in [-0.05, 0) is 75.1 Å². The highest BCUT2D eigenvalue weighted by Crippen LogP contribution is 2.44. The average Bonchev–Trinajstić information content (AvgIpc) is 3.07. The number of rotatable bonds is 4. The second-order valence-electron chi connectivity index (χ2n) is 6.92. The zero-order valence-corrected chi connectivity index (χ0v) is 14.2. The molecule has 0 aromatic heterocycles. The van der Waals surface area contributed by atoms with Crippen molar-refractivity contribution in [2.45, 2.75) is 58.6 Å². The average molecular weight is 322 g/mol. The number of hydrogen-bond donors (Lipinski definition) is 1. The minimum absolute atomic E-state index is 0.0113. The molecule has 0 spiro atoms. The lowest BCUT2D eigenvalue weighted by molar-refractivity contribution is -0.128. The SMILES string of the molecule is Cc1cc(O[C@H](C)C(=O)N[C@H]2C[C@H]3CC[C@H]2C3)cc(C)c1Cl. The van der Waals surface area contributed by atoms with Gasteiger partial charge in [-0.15, -0.1) is 0 Å². The van der Waals surface area contributed by atoms with Gasteiger partial charge in [0.05, 0.1) is 0 Å². The molecule has 2 saturated carbocycles. The van der Waals surface area contributed by atoms with Crippen LogP contribution in [0.1, 0.15) is 43.7 Å². The van der Waals surface area contributed by atoms with Gasteiger partial charge in [0.15, 0.2) is 6.10 Å². The van der Waals surface area contributed by atoms with Crippen LogP contribution in [0.2, 0.25) is 5.02 Å². The van der Waals surface area contributed by atoms with Crippen molar-refractivity contribution in [2.75, 3.05) is 0 Å². The van der Waals surface area contributed by atoms with Gasteiger partial charge in [-0.2, -0.15) is 0 Å². The van der Waals surface area contributed by atoms with Crippen molar-refractivity contribution >= 4 is 17.5 Å². The van der Waals surface area contributed by atoms with Gasteiger partial charge in [-0.25, -0.2) is 0 Å². The molecule has 1 aromatic rings. The molecule has 3 rings (SSSR count). The van der Waals surface area contributed by atoms with Crippen LogP contribution in [0.4, 0.5) is 0 Å². The molecular formula is C18H24ClNO2. The van der Waals surface area contributed by atoms with E-state index < -0.39 is 6.10 Å². The van der Waals surface area contributed by atoms with Crippen LogP contribution in [0.5, 0.6) is 5.75 Å². The number of carbonyl (C=O) groups is 1. The number of halogens is 1. The zero-order valence-electron chi connectivity index (χ0n) is 13.5. The number of amides is 1. The summed E-state index contributed by atoms with van der Waals surface area (Å²) >= 11 is 6.16. The summed E-state index contributed by atoms with van der Waals surface area (Å²) in [5.74, 6) is 2.20. The molecule has 2 aliphatic carbocycles. The summed E-state index contributed by atoms with van der Waals surface area (Å²) in [5.41, 5.74) is 1.94. The molecule has 1 N–H and O–H groups in total. The van der Waals surface area contributed by atoms with E-state index in [0.29, 0.717) is 17.7 Å². The van der Waals surface area contributed by atoms with E-state index in [1.54, 1.807) is 0 Å².